The monoisotopic (exact) mass is 398 g/mol. The maximum atomic E-state index is 12.2. The lowest BCUT2D eigenvalue weighted by Crippen LogP contribution is -2.34. The van der Waals surface area contributed by atoms with Crippen LogP contribution in [-0.4, -0.2) is 43.7 Å². The van der Waals surface area contributed by atoms with E-state index in [-0.39, 0.29) is 25.0 Å². The lowest BCUT2D eigenvalue weighted by molar-refractivity contribution is -0.130. The molecule has 2 amide bonds. The van der Waals surface area contributed by atoms with Crippen LogP contribution in [0, 0.1) is 0 Å². The van der Waals surface area contributed by atoms with Gasteiger partial charge in [-0.05, 0) is 41.8 Å². The van der Waals surface area contributed by atoms with Crippen LogP contribution in [-0.2, 0) is 22.6 Å². The third kappa shape index (κ3) is 5.88. The second kappa shape index (κ2) is 9.82. The van der Waals surface area contributed by atoms with E-state index >= 15 is 0 Å². The Labute approximate surface area is 170 Å². The zero-order chi connectivity index (χ0) is 20.6. The molecular weight excluding hydrogens is 372 g/mol. The molecule has 0 fully saturated rings. The second-order valence-electron chi connectivity index (χ2n) is 6.83. The lowest BCUT2D eigenvalue weighted by atomic mass is 10.1. The van der Waals surface area contributed by atoms with E-state index in [0.29, 0.717) is 31.1 Å². The molecule has 0 aliphatic carbocycles. The maximum absolute atomic E-state index is 12.2. The number of ether oxygens (including phenoxy) is 3. The summed E-state index contributed by atoms with van der Waals surface area (Å²) in [7, 11) is 1.63. The van der Waals surface area contributed by atoms with E-state index in [4.69, 9.17) is 14.2 Å². The van der Waals surface area contributed by atoms with Gasteiger partial charge in [0.2, 0.25) is 18.6 Å². The van der Waals surface area contributed by atoms with Crippen molar-refractivity contribution < 1.29 is 23.8 Å². The predicted molar refractivity (Wildman–Crippen MR) is 108 cm³/mol. The number of methoxy groups -OCH3 is 1. The van der Waals surface area contributed by atoms with Crippen molar-refractivity contribution in [1.82, 2.24) is 10.2 Å². The van der Waals surface area contributed by atoms with Crippen LogP contribution >= 0.6 is 0 Å². The molecule has 0 radical (unpaired) electrons. The van der Waals surface area contributed by atoms with Gasteiger partial charge in [-0.25, -0.2) is 0 Å². The van der Waals surface area contributed by atoms with Gasteiger partial charge in [-0.1, -0.05) is 18.2 Å². The number of benzene rings is 2. The van der Waals surface area contributed by atoms with E-state index in [1.165, 1.54) is 6.92 Å². The summed E-state index contributed by atoms with van der Waals surface area (Å²) in [4.78, 5) is 25.8. The van der Waals surface area contributed by atoms with Crippen molar-refractivity contribution in [3.63, 3.8) is 0 Å². The Kier molecular flexibility index (Phi) is 6.94. The van der Waals surface area contributed by atoms with Crippen LogP contribution in [0.5, 0.6) is 17.2 Å². The van der Waals surface area contributed by atoms with Gasteiger partial charge < -0.3 is 24.4 Å². The van der Waals surface area contributed by atoms with Crippen molar-refractivity contribution in [3.05, 3.63) is 53.6 Å². The summed E-state index contributed by atoms with van der Waals surface area (Å²) in [6, 6.07) is 13.4. The minimum Gasteiger partial charge on any atom is -0.497 e. The van der Waals surface area contributed by atoms with Gasteiger partial charge in [-0.2, -0.15) is 0 Å². The minimum absolute atomic E-state index is 0.0737. The van der Waals surface area contributed by atoms with Crippen LogP contribution < -0.4 is 19.5 Å². The van der Waals surface area contributed by atoms with Gasteiger partial charge in [0, 0.05) is 33.0 Å². The highest BCUT2D eigenvalue weighted by Gasteiger charge is 2.16. The molecule has 1 aliphatic rings. The van der Waals surface area contributed by atoms with Gasteiger partial charge in [-0.15, -0.1) is 0 Å². The van der Waals surface area contributed by atoms with Crippen LogP contribution in [0.1, 0.15) is 24.5 Å². The summed E-state index contributed by atoms with van der Waals surface area (Å²) in [5.74, 6) is 2.05. The molecule has 0 bridgehead atoms. The molecule has 1 N–H and O–H groups in total. The molecule has 154 valence electrons. The Morgan fingerprint density at radius 2 is 1.79 bits per heavy atom. The molecule has 0 aromatic heterocycles. The number of carbonyl (C=O) groups excluding carboxylic acids is 2. The summed E-state index contributed by atoms with van der Waals surface area (Å²) < 4.78 is 15.8. The molecule has 0 unspecified atom stereocenters. The van der Waals surface area contributed by atoms with Crippen molar-refractivity contribution in [1.29, 1.82) is 0 Å². The third-order valence-corrected chi connectivity index (χ3v) is 4.76. The average Bonchev–Trinajstić information content (AvgIpc) is 3.19. The van der Waals surface area contributed by atoms with Gasteiger partial charge in [0.05, 0.1) is 7.11 Å². The molecule has 1 aliphatic heterocycles. The molecule has 7 heteroatoms. The van der Waals surface area contributed by atoms with E-state index in [9.17, 15) is 9.59 Å². The number of hydrogen-bond donors (Lipinski definition) is 1. The largest absolute Gasteiger partial charge is 0.497 e. The fourth-order valence-electron chi connectivity index (χ4n) is 3.07. The first kappa shape index (κ1) is 20.5. The second-order valence-corrected chi connectivity index (χ2v) is 6.83. The Balaban J connectivity index is 1.43. The summed E-state index contributed by atoms with van der Waals surface area (Å²) in [5.41, 5.74) is 2.06. The van der Waals surface area contributed by atoms with Crippen molar-refractivity contribution in [2.75, 3.05) is 27.0 Å². The number of nitrogens with one attached hydrogen (secondary N) is 1. The van der Waals surface area contributed by atoms with Gasteiger partial charge in [-0.3, -0.25) is 9.59 Å². The fourth-order valence-corrected chi connectivity index (χ4v) is 3.07. The highest BCUT2D eigenvalue weighted by Crippen LogP contribution is 2.32. The first-order valence-electron chi connectivity index (χ1n) is 9.59. The van der Waals surface area contributed by atoms with Gasteiger partial charge in [0.1, 0.15) is 5.75 Å². The van der Waals surface area contributed by atoms with E-state index < -0.39 is 0 Å². The zero-order valence-electron chi connectivity index (χ0n) is 16.8. The molecule has 3 rings (SSSR count). The Morgan fingerprint density at radius 3 is 2.52 bits per heavy atom. The smallest absolute Gasteiger partial charge is 0.231 e. The van der Waals surface area contributed by atoms with Crippen molar-refractivity contribution in [2.24, 2.45) is 0 Å². The minimum atomic E-state index is -0.0753. The molecule has 0 atom stereocenters. The summed E-state index contributed by atoms with van der Waals surface area (Å²) in [6.45, 7) is 3.05. The molecule has 29 heavy (non-hydrogen) atoms. The summed E-state index contributed by atoms with van der Waals surface area (Å²) in [5, 5.41) is 2.91. The van der Waals surface area contributed by atoms with Crippen LogP contribution in [0.4, 0.5) is 0 Å². The summed E-state index contributed by atoms with van der Waals surface area (Å²) in [6.07, 6.45) is 0.996. The number of rotatable bonds is 9. The Bertz CT molecular complexity index is 851. The topological polar surface area (TPSA) is 77.1 Å². The van der Waals surface area contributed by atoms with Crippen LogP contribution in [0.15, 0.2) is 42.5 Å². The Hall–Kier alpha value is -3.22. The van der Waals surface area contributed by atoms with E-state index in [1.54, 1.807) is 12.0 Å². The van der Waals surface area contributed by atoms with Gasteiger partial charge >= 0.3 is 0 Å². The normalized spacial score (nSPS) is 11.8. The number of nitrogens with zero attached hydrogens (tertiary/aromatic N) is 1. The molecular formula is C22H26N2O5. The van der Waals surface area contributed by atoms with Crippen LogP contribution in [0.2, 0.25) is 0 Å². The molecule has 1 heterocycles. The molecule has 7 nitrogen and oxygen atoms in total. The fraction of sp³-hybridized carbons (Fsp3) is 0.364. The van der Waals surface area contributed by atoms with Crippen LogP contribution in [0.3, 0.4) is 0 Å². The zero-order valence-corrected chi connectivity index (χ0v) is 16.8. The van der Waals surface area contributed by atoms with E-state index in [0.717, 1.165) is 23.3 Å². The molecule has 0 saturated heterocycles. The molecule has 2 aromatic carbocycles. The number of hydrogen-bond acceptors (Lipinski definition) is 5. The first-order chi connectivity index (χ1) is 14.0. The molecule has 0 spiro atoms. The quantitative estimate of drug-likeness (QED) is 0.702. The number of amides is 2. The van der Waals surface area contributed by atoms with Gasteiger partial charge in [0.15, 0.2) is 11.5 Å². The van der Waals surface area contributed by atoms with Crippen molar-refractivity contribution >= 4 is 11.8 Å². The first-order valence-corrected chi connectivity index (χ1v) is 9.59. The summed E-state index contributed by atoms with van der Waals surface area (Å²) >= 11 is 0. The van der Waals surface area contributed by atoms with Crippen LogP contribution in [0.25, 0.3) is 0 Å². The average molecular weight is 398 g/mol. The molecule has 0 saturated carbocycles. The van der Waals surface area contributed by atoms with Gasteiger partial charge in [0.25, 0.3) is 0 Å². The van der Waals surface area contributed by atoms with E-state index in [2.05, 4.69) is 5.32 Å². The maximum Gasteiger partial charge on any atom is 0.231 e. The predicted octanol–water partition coefficient (Wildman–Crippen LogP) is 2.52. The highest BCUT2D eigenvalue weighted by atomic mass is 16.7. The third-order valence-electron chi connectivity index (χ3n) is 4.76. The van der Waals surface area contributed by atoms with E-state index in [1.807, 2.05) is 42.5 Å². The number of carbonyl (C=O) groups is 2. The lowest BCUT2D eigenvalue weighted by Gasteiger charge is -2.21. The standard InChI is InChI=1S/C22H26N2O5/c1-16(25)24(14-18-5-8-20-21(13-18)29-15-28-20)12-10-22(26)23-11-9-17-3-6-19(27-2)7-4-17/h3-8,13H,9-12,14-15H2,1-2H3,(H,23,26). The Morgan fingerprint density at radius 1 is 1.07 bits per heavy atom. The number of fused-ring (bicyclic) bond motifs is 1. The molecule has 2 aromatic rings. The van der Waals surface area contributed by atoms with Crippen molar-refractivity contribution in [3.8, 4) is 17.2 Å². The van der Waals surface area contributed by atoms with Crippen molar-refractivity contribution in [2.45, 2.75) is 26.3 Å². The highest BCUT2D eigenvalue weighted by molar-refractivity contribution is 5.78. The SMILES string of the molecule is COc1ccc(CCNC(=O)CCN(Cc2ccc3c(c2)OCO3)C(C)=O)cc1.